The van der Waals surface area contributed by atoms with Crippen LogP contribution in [0.2, 0.25) is 0 Å². The minimum absolute atomic E-state index is 0.240. The van der Waals surface area contributed by atoms with Crippen LogP contribution < -0.4 is 10.1 Å². The van der Waals surface area contributed by atoms with Crippen LogP contribution in [0.25, 0.3) is 0 Å². The van der Waals surface area contributed by atoms with E-state index in [4.69, 9.17) is 9.84 Å². The number of hydrogen-bond donors (Lipinski definition) is 2. The number of ether oxygens (including phenoxy) is 1. The summed E-state index contributed by atoms with van der Waals surface area (Å²) < 4.78 is 5.11. The Hall–Kier alpha value is -2.04. The first-order valence-electron chi connectivity index (χ1n) is 6.47. The van der Waals surface area contributed by atoms with Gasteiger partial charge in [-0.1, -0.05) is 13.8 Å². The van der Waals surface area contributed by atoms with E-state index in [2.05, 4.69) is 5.32 Å². The number of methoxy groups -OCH3 is 1. The minimum atomic E-state index is -0.915. The molecule has 0 heterocycles. The standard InChI is InChI=1S/C15H19NO4/c1-8-7-9(20-4)5-6-10(8)16-13(17)11-12(14(18)19)15(11,2)3/h5-7,11-12H,1-4H3,(H,16,17)(H,18,19)/t11-,12+/m1/s1. The van der Waals surface area contributed by atoms with Gasteiger partial charge in [0.1, 0.15) is 5.75 Å². The molecule has 2 atom stereocenters. The maximum Gasteiger partial charge on any atom is 0.307 e. The maximum atomic E-state index is 12.2. The van der Waals surface area contributed by atoms with Gasteiger partial charge in [-0.05, 0) is 36.1 Å². The summed E-state index contributed by atoms with van der Waals surface area (Å²) in [6.07, 6.45) is 0. The van der Waals surface area contributed by atoms with E-state index in [1.165, 1.54) is 0 Å². The monoisotopic (exact) mass is 277 g/mol. The van der Waals surface area contributed by atoms with Crippen LogP contribution in [0, 0.1) is 24.2 Å². The van der Waals surface area contributed by atoms with Gasteiger partial charge in [0.15, 0.2) is 0 Å². The van der Waals surface area contributed by atoms with Gasteiger partial charge in [-0.25, -0.2) is 0 Å². The molecule has 1 aliphatic rings. The number of nitrogens with one attached hydrogen (secondary N) is 1. The third-order valence-corrected chi connectivity index (χ3v) is 4.07. The second-order valence-corrected chi connectivity index (χ2v) is 5.79. The quantitative estimate of drug-likeness (QED) is 0.885. The molecule has 1 aromatic carbocycles. The van der Waals surface area contributed by atoms with Crippen LogP contribution in [0.1, 0.15) is 19.4 Å². The van der Waals surface area contributed by atoms with Gasteiger partial charge in [-0.3, -0.25) is 9.59 Å². The Morgan fingerprint density at radius 2 is 1.95 bits per heavy atom. The Morgan fingerprint density at radius 3 is 2.40 bits per heavy atom. The third-order valence-electron chi connectivity index (χ3n) is 4.07. The van der Waals surface area contributed by atoms with Crippen molar-refractivity contribution in [2.45, 2.75) is 20.8 Å². The van der Waals surface area contributed by atoms with Crippen molar-refractivity contribution in [3.05, 3.63) is 23.8 Å². The molecule has 1 amide bonds. The largest absolute Gasteiger partial charge is 0.497 e. The number of carboxylic acid groups (broad SMARTS) is 1. The second-order valence-electron chi connectivity index (χ2n) is 5.79. The molecule has 1 saturated carbocycles. The molecule has 1 aromatic rings. The topological polar surface area (TPSA) is 75.6 Å². The van der Waals surface area contributed by atoms with E-state index in [9.17, 15) is 9.59 Å². The smallest absolute Gasteiger partial charge is 0.307 e. The van der Waals surface area contributed by atoms with Crippen molar-refractivity contribution in [3.8, 4) is 5.75 Å². The Morgan fingerprint density at radius 1 is 1.30 bits per heavy atom. The Balaban J connectivity index is 2.12. The number of anilines is 1. The number of benzene rings is 1. The summed E-state index contributed by atoms with van der Waals surface area (Å²) in [5.74, 6) is -1.53. The summed E-state index contributed by atoms with van der Waals surface area (Å²) >= 11 is 0. The van der Waals surface area contributed by atoms with E-state index in [-0.39, 0.29) is 5.91 Å². The minimum Gasteiger partial charge on any atom is -0.497 e. The van der Waals surface area contributed by atoms with Gasteiger partial charge in [-0.2, -0.15) is 0 Å². The predicted molar refractivity (Wildman–Crippen MR) is 74.8 cm³/mol. The van der Waals surface area contributed by atoms with Crippen LogP contribution in [0.3, 0.4) is 0 Å². The number of carbonyl (C=O) groups is 2. The summed E-state index contributed by atoms with van der Waals surface area (Å²) in [7, 11) is 1.58. The molecule has 20 heavy (non-hydrogen) atoms. The normalized spacial score (nSPS) is 23.0. The Kier molecular flexibility index (Phi) is 3.46. The molecule has 2 rings (SSSR count). The number of aliphatic carboxylic acids is 1. The van der Waals surface area contributed by atoms with Crippen molar-refractivity contribution in [1.82, 2.24) is 0 Å². The first kappa shape index (κ1) is 14.4. The van der Waals surface area contributed by atoms with Gasteiger partial charge in [-0.15, -0.1) is 0 Å². The van der Waals surface area contributed by atoms with Crippen LogP contribution in [-0.4, -0.2) is 24.1 Å². The molecular formula is C15H19NO4. The molecule has 0 unspecified atom stereocenters. The number of rotatable bonds is 4. The van der Waals surface area contributed by atoms with Crippen molar-refractivity contribution < 1.29 is 19.4 Å². The molecule has 5 heteroatoms. The number of aryl methyl sites for hydroxylation is 1. The van der Waals surface area contributed by atoms with Crippen molar-refractivity contribution >= 4 is 17.6 Å². The van der Waals surface area contributed by atoms with Crippen LogP contribution >= 0.6 is 0 Å². The molecule has 0 saturated heterocycles. The van der Waals surface area contributed by atoms with Gasteiger partial charge in [0.2, 0.25) is 5.91 Å². The molecule has 0 aromatic heterocycles. The van der Waals surface area contributed by atoms with Crippen molar-refractivity contribution in [2.75, 3.05) is 12.4 Å². The number of carboxylic acids is 1. The third kappa shape index (κ3) is 2.35. The zero-order chi connectivity index (χ0) is 15.1. The fourth-order valence-corrected chi connectivity index (χ4v) is 2.70. The molecule has 1 fully saturated rings. The van der Waals surface area contributed by atoms with Gasteiger partial charge in [0, 0.05) is 5.69 Å². The van der Waals surface area contributed by atoms with Crippen LogP contribution in [0.4, 0.5) is 5.69 Å². The molecule has 0 bridgehead atoms. The number of hydrogen-bond acceptors (Lipinski definition) is 3. The molecule has 2 N–H and O–H groups in total. The summed E-state index contributed by atoms with van der Waals surface area (Å²) in [5.41, 5.74) is 1.07. The van der Waals surface area contributed by atoms with Gasteiger partial charge >= 0.3 is 5.97 Å². The zero-order valence-corrected chi connectivity index (χ0v) is 12.1. The SMILES string of the molecule is COc1ccc(NC(=O)[C@H]2[C@@H](C(=O)O)C2(C)C)c(C)c1. The lowest BCUT2D eigenvalue weighted by molar-refractivity contribution is -0.140. The van der Waals surface area contributed by atoms with E-state index in [0.717, 1.165) is 11.3 Å². The van der Waals surface area contributed by atoms with Crippen LogP contribution in [0.5, 0.6) is 5.75 Å². The van der Waals surface area contributed by atoms with Crippen molar-refractivity contribution in [1.29, 1.82) is 0 Å². The van der Waals surface area contributed by atoms with E-state index in [1.54, 1.807) is 33.1 Å². The lowest BCUT2D eigenvalue weighted by Crippen LogP contribution is -2.18. The molecule has 1 aliphatic carbocycles. The van der Waals surface area contributed by atoms with Crippen molar-refractivity contribution in [3.63, 3.8) is 0 Å². The number of amides is 1. The van der Waals surface area contributed by atoms with E-state index >= 15 is 0 Å². The highest BCUT2D eigenvalue weighted by atomic mass is 16.5. The highest BCUT2D eigenvalue weighted by Crippen LogP contribution is 2.58. The first-order chi connectivity index (χ1) is 9.28. The Labute approximate surface area is 117 Å². The van der Waals surface area contributed by atoms with E-state index in [0.29, 0.717) is 5.69 Å². The lowest BCUT2D eigenvalue weighted by atomic mass is 10.1. The fraction of sp³-hybridized carbons (Fsp3) is 0.467. The van der Waals surface area contributed by atoms with E-state index in [1.807, 2.05) is 13.0 Å². The summed E-state index contributed by atoms with van der Waals surface area (Å²) in [4.78, 5) is 23.3. The van der Waals surface area contributed by atoms with Crippen molar-refractivity contribution in [2.24, 2.45) is 17.3 Å². The fourth-order valence-electron chi connectivity index (χ4n) is 2.70. The van der Waals surface area contributed by atoms with Gasteiger partial charge in [0.05, 0.1) is 18.9 Å². The highest BCUT2D eigenvalue weighted by molar-refractivity contribution is 6.00. The molecular weight excluding hydrogens is 258 g/mol. The average Bonchev–Trinajstić information content (AvgIpc) is 2.95. The maximum absolute atomic E-state index is 12.2. The highest BCUT2D eigenvalue weighted by Gasteiger charge is 2.65. The predicted octanol–water partition coefficient (Wildman–Crippen LogP) is 2.30. The summed E-state index contributed by atoms with van der Waals surface area (Å²) in [5, 5.41) is 11.9. The molecule has 0 aliphatic heterocycles. The Bertz CT molecular complexity index is 565. The van der Waals surface area contributed by atoms with E-state index < -0.39 is 23.2 Å². The molecule has 108 valence electrons. The first-order valence-corrected chi connectivity index (χ1v) is 6.47. The lowest BCUT2D eigenvalue weighted by Gasteiger charge is -2.10. The molecule has 5 nitrogen and oxygen atoms in total. The number of carbonyl (C=O) groups excluding carboxylic acids is 1. The van der Waals surface area contributed by atoms with Gasteiger partial charge in [0.25, 0.3) is 0 Å². The summed E-state index contributed by atoms with van der Waals surface area (Å²) in [6.45, 7) is 5.47. The van der Waals surface area contributed by atoms with Gasteiger partial charge < -0.3 is 15.2 Å². The summed E-state index contributed by atoms with van der Waals surface area (Å²) in [6, 6.07) is 5.34. The second kappa shape index (κ2) is 4.81. The molecule has 0 spiro atoms. The molecule has 0 radical (unpaired) electrons. The van der Waals surface area contributed by atoms with Crippen LogP contribution in [0.15, 0.2) is 18.2 Å². The average molecular weight is 277 g/mol. The van der Waals surface area contributed by atoms with Crippen LogP contribution in [-0.2, 0) is 9.59 Å². The zero-order valence-electron chi connectivity index (χ0n) is 12.1.